The fraction of sp³-hybridized carbons (Fsp3) is 0.400. The van der Waals surface area contributed by atoms with Crippen LogP contribution in [-0.2, 0) is 22.4 Å². The van der Waals surface area contributed by atoms with Gasteiger partial charge in [0.1, 0.15) is 5.15 Å². The molecule has 2 heterocycles. The van der Waals surface area contributed by atoms with E-state index in [1.165, 1.54) is 0 Å². The summed E-state index contributed by atoms with van der Waals surface area (Å²) in [6.07, 6.45) is 3.94. The predicted molar refractivity (Wildman–Crippen MR) is 123 cm³/mol. The van der Waals surface area contributed by atoms with E-state index < -0.39 is 5.97 Å². The Morgan fingerprint density at radius 3 is 2.62 bits per heavy atom. The van der Waals surface area contributed by atoms with Gasteiger partial charge in [-0.1, -0.05) is 35.9 Å². The zero-order valence-corrected chi connectivity index (χ0v) is 18.8. The second kappa shape index (κ2) is 9.84. The third kappa shape index (κ3) is 5.03. The number of aliphatic carboxylic acids is 1. The Morgan fingerprint density at radius 2 is 1.91 bits per heavy atom. The number of nitrogens with zero attached hydrogens (tertiary/aromatic N) is 2. The maximum atomic E-state index is 13.4. The van der Waals surface area contributed by atoms with Crippen LogP contribution in [0.1, 0.15) is 47.4 Å². The standard InChI is InChI=1S/C25H27ClN2O4/c1-16-14-18-4-2-5-19(15-23(29)30)24(18)28(16)25(31)17-8-10-21(11-9-17)32-13-12-20-6-3-7-22(26)27-20/h2-7,14,17,21H,8-13,15H2,1H3,(H,29,30). The summed E-state index contributed by atoms with van der Waals surface area (Å²) in [7, 11) is 0. The van der Waals surface area contributed by atoms with E-state index in [4.69, 9.17) is 16.3 Å². The number of carboxylic acid groups (broad SMARTS) is 1. The van der Waals surface area contributed by atoms with Crippen LogP contribution in [0.4, 0.5) is 0 Å². The van der Waals surface area contributed by atoms with E-state index in [2.05, 4.69) is 4.98 Å². The van der Waals surface area contributed by atoms with Crippen molar-refractivity contribution in [2.75, 3.05) is 6.61 Å². The molecule has 0 unspecified atom stereocenters. The summed E-state index contributed by atoms with van der Waals surface area (Å²) >= 11 is 5.93. The first-order chi connectivity index (χ1) is 15.4. The topological polar surface area (TPSA) is 81.4 Å². The number of pyridine rings is 1. The van der Waals surface area contributed by atoms with Crippen molar-refractivity contribution in [3.63, 3.8) is 0 Å². The van der Waals surface area contributed by atoms with Gasteiger partial charge in [0.25, 0.3) is 0 Å². The lowest BCUT2D eigenvalue weighted by Crippen LogP contribution is -2.30. The fourth-order valence-corrected chi connectivity index (χ4v) is 4.82. The number of carbonyl (C=O) groups excluding carboxylic acids is 1. The number of aryl methyl sites for hydroxylation is 1. The number of hydrogen-bond donors (Lipinski definition) is 1. The summed E-state index contributed by atoms with van der Waals surface area (Å²) in [5, 5.41) is 10.7. The zero-order valence-electron chi connectivity index (χ0n) is 18.1. The Morgan fingerprint density at radius 1 is 1.16 bits per heavy atom. The quantitative estimate of drug-likeness (QED) is 0.503. The van der Waals surface area contributed by atoms with Gasteiger partial charge in [-0.15, -0.1) is 0 Å². The Hall–Kier alpha value is -2.70. The molecule has 3 aromatic rings. The molecule has 0 amide bonds. The Kier molecular flexibility index (Phi) is 6.92. The van der Waals surface area contributed by atoms with Gasteiger partial charge in [0.15, 0.2) is 0 Å². The molecule has 4 rings (SSSR count). The molecule has 0 spiro atoms. The summed E-state index contributed by atoms with van der Waals surface area (Å²) in [5.74, 6) is -0.936. The lowest BCUT2D eigenvalue weighted by molar-refractivity contribution is -0.136. The molecule has 7 heteroatoms. The monoisotopic (exact) mass is 454 g/mol. The molecule has 6 nitrogen and oxygen atoms in total. The van der Waals surface area contributed by atoms with Crippen molar-refractivity contribution >= 4 is 34.4 Å². The minimum absolute atomic E-state index is 0.0527. The summed E-state index contributed by atoms with van der Waals surface area (Å²) in [5.41, 5.74) is 3.15. The van der Waals surface area contributed by atoms with E-state index >= 15 is 0 Å². The molecule has 0 saturated heterocycles. The normalized spacial score (nSPS) is 18.7. The van der Waals surface area contributed by atoms with Crippen molar-refractivity contribution in [3.8, 4) is 0 Å². The molecule has 2 aromatic heterocycles. The first-order valence-corrected chi connectivity index (χ1v) is 11.4. The minimum atomic E-state index is -0.902. The van der Waals surface area contributed by atoms with Gasteiger partial charge in [-0.3, -0.25) is 14.2 Å². The van der Waals surface area contributed by atoms with Crippen molar-refractivity contribution in [3.05, 3.63) is 64.6 Å². The number of para-hydroxylation sites is 1. The zero-order chi connectivity index (χ0) is 22.7. The van der Waals surface area contributed by atoms with E-state index in [0.717, 1.165) is 48.0 Å². The molecular weight excluding hydrogens is 428 g/mol. The van der Waals surface area contributed by atoms with Gasteiger partial charge < -0.3 is 9.84 Å². The molecule has 1 N–H and O–H groups in total. The van der Waals surface area contributed by atoms with Crippen LogP contribution >= 0.6 is 11.6 Å². The molecule has 1 aliphatic rings. The fourth-order valence-electron chi connectivity index (χ4n) is 4.63. The highest BCUT2D eigenvalue weighted by atomic mass is 35.5. The average molecular weight is 455 g/mol. The van der Waals surface area contributed by atoms with Crippen LogP contribution in [0.15, 0.2) is 42.5 Å². The van der Waals surface area contributed by atoms with Crippen molar-refractivity contribution in [1.82, 2.24) is 9.55 Å². The van der Waals surface area contributed by atoms with Gasteiger partial charge in [-0.05, 0) is 56.4 Å². The van der Waals surface area contributed by atoms with Gasteiger partial charge in [0.2, 0.25) is 5.91 Å². The van der Waals surface area contributed by atoms with E-state index in [1.807, 2.05) is 37.3 Å². The lowest BCUT2D eigenvalue weighted by Gasteiger charge is -2.28. The number of hydrogen-bond acceptors (Lipinski definition) is 4. The van der Waals surface area contributed by atoms with Gasteiger partial charge in [-0.2, -0.15) is 0 Å². The van der Waals surface area contributed by atoms with Crippen LogP contribution in [0.2, 0.25) is 5.15 Å². The van der Waals surface area contributed by atoms with Gasteiger partial charge in [0, 0.05) is 29.1 Å². The smallest absolute Gasteiger partial charge is 0.307 e. The maximum Gasteiger partial charge on any atom is 0.307 e. The van der Waals surface area contributed by atoms with E-state index in [9.17, 15) is 14.7 Å². The number of carbonyl (C=O) groups is 2. The Labute approximate surface area is 192 Å². The van der Waals surface area contributed by atoms with E-state index in [1.54, 1.807) is 16.7 Å². The lowest BCUT2D eigenvalue weighted by atomic mass is 9.86. The van der Waals surface area contributed by atoms with Crippen molar-refractivity contribution < 1.29 is 19.4 Å². The van der Waals surface area contributed by atoms with E-state index in [-0.39, 0.29) is 24.3 Å². The summed E-state index contributed by atoms with van der Waals surface area (Å²) in [4.78, 5) is 29.0. The van der Waals surface area contributed by atoms with Crippen LogP contribution in [-0.4, -0.2) is 39.2 Å². The van der Waals surface area contributed by atoms with Gasteiger partial charge >= 0.3 is 5.97 Å². The Bertz CT molecular complexity index is 1130. The third-order valence-electron chi connectivity index (χ3n) is 6.16. The van der Waals surface area contributed by atoms with Crippen molar-refractivity contribution in [2.45, 2.75) is 51.6 Å². The third-order valence-corrected chi connectivity index (χ3v) is 6.37. The number of aromatic nitrogens is 2. The van der Waals surface area contributed by atoms with Crippen LogP contribution in [0.3, 0.4) is 0 Å². The molecule has 0 bridgehead atoms. The highest BCUT2D eigenvalue weighted by molar-refractivity contribution is 6.29. The van der Waals surface area contributed by atoms with Crippen LogP contribution in [0.25, 0.3) is 10.9 Å². The first kappa shape index (κ1) is 22.5. The van der Waals surface area contributed by atoms with Crippen LogP contribution in [0.5, 0.6) is 0 Å². The second-order valence-electron chi connectivity index (χ2n) is 8.43. The van der Waals surface area contributed by atoms with Gasteiger partial charge in [-0.25, -0.2) is 4.98 Å². The van der Waals surface area contributed by atoms with Crippen molar-refractivity contribution in [1.29, 1.82) is 0 Å². The molecule has 1 fully saturated rings. The maximum absolute atomic E-state index is 13.4. The number of ether oxygens (including phenoxy) is 1. The predicted octanol–water partition coefficient (Wildman–Crippen LogP) is 5.08. The number of benzene rings is 1. The van der Waals surface area contributed by atoms with Crippen molar-refractivity contribution in [2.24, 2.45) is 5.92 Å². The largest absolute Gasteiger partial charge is 0.481 e. The molecule has 1 saturated carbocycles. The highest BCUT2D eigenvalue weighted by Crippen LogP contribution is 2.31. The van der Waals surface area contributed by atoms with Crippen LogP contribution in [0, 0.1) is 12.8 Å². The minimum Gasteiger partial charge on any atom is -0.481 e. The van der Waals surface area contributed by atoms with E-state index in [0.29, 0.717) is 23.7 Å². The molecule has 1 aliphatic carbocycles. The first-order valence-electron chi connectivity index (χ1n) is 11.0. The number of carboxylic acids is 1. The second-order valence-corrected chi connectivity index (χ2v) is 8.82. The SMILES string of the molecule is Cc1cc2cccc(CC(=O)O)c2n1C(=O)C1CCC(OCCc2cccc(Cl)n2)CC1. The summed E-state index contributed by atoms with van der Waals surface area (Å²) in [6.45, 7) is 2.48. The molecule has 1 aromatic carbocycles. The van der Waals surface area contributed by atoms with Gasteiger partial charge in [0.05, 0.1) is 24.6 Å². The number of rotatable bonds is 7. The molecular formula is C25H27ClN2O4. The number of fused-ring (bicyclic) bond motifs is 1. The molecule has 0 atom stereocenters. The summed E-state index contributed by atoms with van der Waals surface area (Å²) < 4.78 is 7.76. The molecule has 0 aliphatic heterocycles. The molecule has 32 heavy (non-hydrogen) atoms. The number of halogens is 1. The highest BCUT2D eigenvalue weighted by Gasteiger charge is 2.29. The Balaban J connectivity index is 1.39. The molecule has 168 valence electrons. The van der Waals surface area contributed by atoms with Crippen LogP contribution < -0.4 is 0 Å². The molecule has 0 radical (unpaired) electrons. The average Bonchev–Trinajstić information content (AvgIpc) is 3.10. The summed E-state index contributed by atoms with van der Waals surface area (Å²) in [6, 6.07) is 13.1.